The Kier molecular flexibility index (Phi) is 23.9. The topological polar surface area (TPSA) is 12.0 Å². The summed E-state index contributed by atoms with van der Waals surface area (Å²) in [5.41, 5.74) is 4.30. The molecule has 1 N–H and O–H groups in total. The first-order valence-electron chi connectivity index (χ1n) is 7.74. The Bertz CT molecular complexity index is 224. The van der Waals surface area contributed by atoms with Gasteiger partial charge in [-0.15, -0.1) is 13.2 Å². The second-order valence-electron chi connectivity index (χ2n) is 4.14. The van der Waals surface area contributed by atoms with Gasteiger partial charge in [0.1, 0.15) is 0 Å². The van der Waals surface area contributed by atoms with Gasteiger partial charge in [-0.1, -0.05) is 65.2 Å². The molecule has 1 heteroatoms. The number of rotatable bonds is 3. The molecule has 1 aliphatic heterocycles. The van der Waals surface area contributed by atoms with E-state index in [0.29, 0.717) is 0 Å². The van der Waals surface area contributed by atoms with E-state index in [9.17, 15) is 0 Å². The fourth-order valence-corrected chi connectivity index (χ4v) is 1.50. The molecule has 0 aliphatic carbocycles. The Morgan fingerprint density at radius 1 is 1.11 bits per heavy atom. The highest BCUT2D eigenvalue weighted by molar-refractivity contribution is 5.34. The number of unbranched alkanes of at least 4 members (excludes halogenated alkanes) is 1. The van der Waals surface area contributed by atoms with Crippen LogP contribution in [0.3, 0.4) is 0 Å². The third-order valence-electron chi connectivity index (χ3n) is 2.81. The van der Waals surface area contributed by atoms with Gasteiger partial charge in [0.25, 0.3) is 0 Å². The second kappa shape index (κ2) is 19.5. The number of hydrogen-bond donors (Lipinski definition) is 1. The molecular weight excluding hydrogens is 230 g/mol. The zero-order valence-electron chi connectivity index (χ0n) is 14.4. The average Bonchev–Trinajstić information content (AvgIpc) is 2.51. The van der Waals surface area contributed by atoms with Crippen LogP contribution in [0.2, 0.25) is 0 Å². The highest BCUT2D eigenvalue weighted by Gasteiger charge is 2.09. The van der Waals surface area contributed by atoms with Crippen LogP contribution in [0.25, 0.3) is 0 Å². The molecule has 1 nitrogen and oxygen atoms in total. The van der Waals surface area contributed by atoms with Crippen LogP contribution in [0.15, 0.2) is 36.5 Å². The molecule has 0 saturated heterocycles. The summed E-state index contributed by atoms with van der Waals surface area (Å²) in [6, 6.07) is 0. The van der Waals surface area contributed by atoms with Gasteiger partial charge in [-0.25, -0.2) is 0 Å². The van der Waals surface area contributed by atoms with E-state index in [0.717, 1.165) is 19.5 Å². The molecule has 1 heterocycles. The minimum atomic E-state index is 1.05. The van der Waals surface area contributed by atoms with Crippen molar-refractivity contribution in [2.24, 2.45) is 0 Å². The molecule has 0 spiro atoms. The van der Waals surface area contributed by atoms with Crippen LogP contribution in [-0.4, -0.2) is 13.1 Å². The number of allylic oxidation sites excluding steroid dienone is 1. The Balaban J connectivity index is -0.000000271. The van der Waals surface area contributed by atoms with Crippen LogP contribution in [-0.2, 0) is 0 Å². The first kappa shape index (κ1) is 23.3. The molecule has 0 atom stereocenters. The van der Waals surface area contributed by atoms with Gasteiger partial charge in [0.2, 0.25) is 0 Å². The second-order valence-corrected chi connectivity index (χ2v) is 4.14. The molecule has 0 aromatic rings. The first-order valence-corrected chi connectivity index (χ1v) is 7.74. The largest absolute Gasteiger partial charge is 0.313 e. The summed E-state index contributed by atoms with van der Waals surface area (Å²) in [4.78, 5) is 0. The number of hydrogen-bond acceptors (Lipinski definition) is 1. The van der Waals surface area contributed by atoms with Crippen molar-refractivity contribution in [2.75, 3.05) is 13.1 Å². The van der Waals surface area contributed by atoms with Gasteiger partial charge in [0, 0.05) is 6.54 Å². The van der Waals surface area contributed by atoms with E-state index in [1.807, 2.05) is 13.8 Å². The molecule has 114 valence electrons. The molecule has 0 saturated carbocycles. The quantitative estimate of drug-likeness (QED) is 0.628. The monoisotopic (exact) mass is 267 g/mol. The van der Waals surface area contributed by atoms with Crippen LogP contribution in [0, 0.1) is 0 Å². The predicted molar refractivity (Wildman–Crippen MR) is 92.8 cm³/mol. The molecule has 1 rings (SSSR count). The van der Waals surface area contributed by atoms with Crippen molar-refractivity contribution in [1.82, 2.24) is 5.32 Å². The van der Waals surface area contributed by atoms with E-state index >= 15 is 0 Å². The third kappa shape index (κ3) is 13.4. The number of nitrogens with one attached hydrogen (secondary N) is 1. The molecule has 0 aromatic heterocycles. The molecule has 0 fully saturated rings. The normalized spacial score (nSPS) is 12.9. The summed E-state index contributed by atoms with van der Waals surface area (Å²) in [5, 5.41) is 3.34. The molecule has 1 aliphatic rings. The van der Waals surface area contributed by atoms with Crippen LogP contribution in [0.5, 0.6) is 0 Å². The lowest BCUT2D eigenvalue weighted by molar-refractivity contribution is 0.677. The molecule has 0 amide bonds. The van der Waals surface area contributed by atoms with Crippen molar-refractivity contribution in [2.45, 2.75) is 67.2 Å². The van der Waals surface area contributed by atoms with E-state index in [1.54, 1.807) is 0 Å². The average molecular weight is 268 g/mol. The maximum Gasteiger partial charge on any atom is 0.0167 e. The summed E-state index contributed by atoms with van der Waals surface area (Å²) in [7, 11) is 0. The maximum absolute atomic E-state index is 4.06. The fourth-order valence-electron chi connectivity index (χ4n) is 1.50. The van der Waals surface area contributed by atoms with E-state index in [1.165, 1.54) is 36.0 Å². The lowest BCUT2D eigenvalue weighted by Gasteiger charge is -2.19. The van der Waals surface area contributed by atoms with E-state index < -0.39 is 0 Å². The third-order valence-corrected chi connectivity index (χ3v) is 2.81. The Labute approximate surface area is 122 Å². The highest BCUT2D eigenvalue weighted by atomic mass is 14.9. The van der Waals surface area contributed by atoms with Gasteiger partial charge in [0.05, 0.1) is 0 Å². The van der Waals surface area contributed by atoms with Gasteiger partial charge in [0.15, 0.2) is 0 Å². The predicted octanol–water partition coefficient (Wildman–Crippen LogP) is 5.90. The Hall–Kier alpha value is -0.820. The summed E-state index contributed by atoms with van der Waals surface area (Å²) in [5.74, 6) is 0. The van der Waals surface area contributed by atoms with E-state index in [2.05, 4.69) is 52.7 Å². The van der Waals surface area contributed by atoms with Crippen LogP contribution < -0.4 is 5.32 Å². The minimum Gasteiger partial charge on any atom is -0.313 e. The lowest BCUT2D eigenvalue weighted by atomic mass is 9.95. The van der Waals surface area contributed by atoms with Gasteiger partial charge < -0.3 is 5.32 Å². The van der Waals surface area contributed by atoms with Gasteiger partial charge >= 0.3 is 0 Å². The summed E-state index contributed by atoms with van der Waals surface area (Å²) >= 11 is 0. The minimum absolute atomic E-state index is 1.05. The zero-order chi connectivity index (χ0) is 15.7. The summed E-state index contributed by atoms with van der Waals surface area (Å²) < 4.78 is 0. The van der Waals surface area contributed by atoms with Gasteiger partial charge in [-0.2, -0.15) is 0 Å². The SMILES string of the molecule is C=C.C=C(CC)C1=C(C)CNCC1.CC.CCCC. The van der Waals surface area contributed by atoms with Crippen molar-refractivity contribution < 1.29 is 0 Å². The zero-order valence-corrected chi connectivity index (χ0v) is 14.4. The van der Waals surface area contributed by atoms with Crippen molar-refractivity contribution in [3.63, 3.8) is 0 Å². The van der Waals surface area contributed by atoms with E-state index in [4.69, 9.17) is 0 Å². The summed E-state index contributed by atoms with van der Waals surface area (Å²) in [6.07, 6.45) is 4.89. The fraction of sp³-hybridized carbons (Fsp3) is 0.667. The molecule has 0 bridgehead atoms. The van der Waals surface area contributed by atoms with Crippen molar-refractivity contribution in [3.8, 4) is 0 Å². The Morgan fingerprint density at radius 2 is 1.58 bits per heavy atom. The van der Waals surface area contributed by atoms with Crippen LogP contribution in [0.4, 0.5) is 0 Å². The standard InChI is InChI=1S/C10H17N.C4H10.C2H6.C2H4/c1-4-8(2)10-5-6-11-7-9(10)3;1-3-4-2;2*1-2/h11H,2,4-7H2,1,3H3;3-4H2,1-2H3;1-2H3;1-2H2. The van der Waals surface area contributed by atoms with Gasteiger partial charge in [-0.05, 0) is 31.9 Å². The molecule has 0 aromatic carbocycles. The molecule has 0 radical (unpaired) electrons. The maximum atomic E-state index is 4.06. The molecule has 19 heavy (non-hydrogen) atoms. The first-order chi connectivity index (χ1) is 9.17. The van der Waals surface area contributed by atoms with Crippen LogP contribution in [0.1, 0.15) is 67.2 Å². The Morgan fingerprint density at radius 3 is 1.89 bits per heavy atom. The smallest absolute Gasteiger partial charge is 0.0167 e. The summed E-state index contributed by atoms with van der Waals surface area (Å²) in [6.45, 7) is 25.0. The lowest BCUT2D eigenvalue weighted by Crippen LogP contribution is -2.24. The molecular formula is C18H37N. The van der Waals surface area contributed by atoms with Crippen molar-refractivity contribution >= 4 is 0 Å². The molecule has 0 unspecified atom stereocenters. The van der Waals surface area contributed by atoms with Crippen LogP contribution >= 0.6 is 0 Å². The highest BCUT2D eigenvalue weighted by Crippen LogP contribution is 2.21. The van der Waals surface area contributed by atoms with Crippen molar-refractivity contribution in [3.05, 3.63) is 36.5 Å². The van der Waals surface area contributed by atoms with Gasteiger partial charge in [-0.3, -0.25) is 0 Å². The van der Waals surface area contributed by atoms with E-state index in [-0.39, 0.29) is 0 Å². The van der Waals surface area contributed by atoms with Crippen molar-refractivity contribution in [1.29, 1.82) is 0 Å².